The molecule has 6 nitrogen and oxygen atoms in total. The summed E-state index contributed by atoms with van der Waals surface area (Å²) >= 11 is 0. The predicted octanol–water partition coefficient (Wildman–Crippen LogP) is 9.38. The molecule has 0 N–H and O–H groups in total. The number of benzene rings is 5. The van der Waals surface area contributed by atoms with E-state index in [0.29, 0.717) is 5.65 Å². The van der Waals surface area contributed by atoms with Crippen molar-refractivity contribution in [3.05, 3.63) is 114 Å². The van der Waals surface area contributed by atoms with Crippen LogP contribution in [-0.2, 0) is 6.42 Å². The average molecular weight is 604 g/mol. The van der Waals surface area contributed by atoms with Gasteiger partial charge in [0.2, 0.25) is 0 Å². The number of pyridine rings is 3. The Labute approximate surface area is 267 Å². The largest absolute Gasteiger partial charge is 0.268 e. The molecular formula is C41H25N5O. The minimum Gasteiger partial charge on any atom is -0.268 e. The highest BCUT2D eigenvalue weighted by molar-refractivity contribution is 6.50. The van der Waals surface area contributed by atoms with Gasteiger partial charge in [-0.1, -0.05) is 37.6 Å². The van der Waals surface area contributed by atoms with Crippen LogP contribution in [0.15, 0.2) is 103 Å². The summed E-state index contributed by atoms with van der Waals surface area (Å²) in [5, 5.41) is 13.4. The van der Waals surface area contributed by atoms with Crippen LogP contribution in [0.1, 0.15) is 25.5 Å². The van der Waals surface area contributed by atoms with Gasteiger partial charge < -0.3 is 0 Å². The number of hydrogen-bond acceptors (Lipinski definition) is 5. The average Bonchev–Trinajstić information content (AvgIpc) is 3.77. The Bertz CT molecular complexity index is 3050. The molecule has 11 aromatic rings. The molecule has 0 bridgehead atoms. The van der Waals surface area contributed by atoms with E-state index in [2.05, 4.69) is 83.6 Å². The van der Waals surface area contributed by atoms with Gasteiger partial charge in [0.15, 0.2) is 0 Å². The molecule has 0 unspecified atom stereocenters. The number of imidazole rings is 1. The van der Waals surface area contributed by atoms with Crippen molar-refractivity contribution in [3.8, 4) is 22.3 Å². The number of rotatable bonds is 5. The Kier molecular flexibility index (Phi) is 4.73. The first-order valence-electron chi connectivity index (χ1n) is 16.2. The molecule has 0 aliphatic heterocycles. The van der Waals surface area contributed by atoms with E-state index < -0.39 is 0 Å². The molecule has 220 valence electrons. The lowest BCUT2D eigenvalue weighted by Crippen LogP contribution is -2.06. The summed E-state index contributed by atoms with van der Waals surface area (Å²) in [4.78, 5) is 33.4. The standard InChI is InChI=1S/C41H25N5O/c1-2-3-4-24-17-32-31(20-44-24)45-40-38-29-18-27(21-9-13-42-14-10-21)25-7-5-23-6-8-26-28(22-11-15-43-16-12-22)19-30(39(38)41(47)46(32)40)37-35(26)33(23)34(25)36(29)37/h5-20H,2-4H2,1H3. The number of unbranched alkanes of at least 4 members (excludes halogenated alkanes) is 1. The highest BCUT2D eigenvalue weighted by Gasteiger charge is 2.29. The molecule has 0 fully saturated rings. The van der Waals surface area contributed by atoms with E-state index in [-0.39, 0.29) is 5.56 Å². The van der Waals surface area contributed by atoms with Crippen molar-refractivity contribution in [2.24, 2.45) is 0 Å². The SMILES string of the molecule is CCCCc1cc2c(cn1)nc1c3c4cc(-c5ccncc5)c5ccc6ccc7c(-c8ccncc8)cc(c3c(=O)n21)c1c7c6c5c41. The molecule has 6 aromatic carbocycles. The summed E-state index contributed by atoms with van der Waals surface area (Å²) in [7, 11) is 0. The molecule has 0 saturated heterocycles. The monoisotopic (exact) mass is 603 g/mol. The third-order valence-electron chi connectivity index (χ3n) is 10.4. The van der Waals surface area contributed by atoms with E-state index >= 15 is 0 Å². The molecule has 47 heavy (non-hydrogen) atoms. The number of aryl methyl sites for hydroxylation is 1. The van der Waals surface area contributed by atoms with Gasteiger partial charge in [-0.2, -0.15) is 0 Å². The van der Waals surface area contributed by atoms with Crippen LogP contribution in [0, 0.1) is 0 Å². The van der Waals surface area contributed by atoms with Crippen LogP contribution in [0.25, 0.3) is 104 Å². The third kappa shape index (κ3) is 3.08. The normalized spacial score (nSPS) is 12.7. The van der Waals surface area contributed by atoms with Crippen LogP contribution in [0.4, 0.5) is 0 Å². The Morgan fingerprint density at radius 3 is 1.85 bits per heavy atom. The molecule has 0 saturated carbocycles. The number of hydrogen-bond donors (Lipinski definition) is 0. The maximum absolute atomic E-state index is 14.9. The molecular weight excluding hydrogens is 578 g/mol. The van der Waals surface area contributed by atoms with Crippen LogP contribution in [-0.4, -0.2) is 24.3 Å². The number of nitrogens with zero attached hydrogens (tertiary/aromatic N) is 5. The van der Waals surface area contributed by atoms with Gasteiger partial charge in [0, 0.05) is 35.9 Å². The summed E-state index contributed by atoms with van der Waals surface area (Å²) in [6, 6.07) is 23.8. The van der Waals surface area contributed by atoms with Crippen molar-refractivity contribution in [2.45, 2.75) is 26.2 Å². The van der Waals surface area contributed by atoms with E-state index in [1.54, 1.807) is 0 Å². The van der Waals surface area contributed by atoms with Crippen molar-refractivity contribution in [3.63, 3.8) is 0 Å². The number of fused-ring (bicyclic) bond motifs is 7. The van der Waals surface area contributed by atoms with Crippen molar-refractivity contribution in [2.75, 3.05) is 0 Å². The quantitative estimate of drug-likeness (QED) is 0.183. The van der Waals surface area contributed by atoms with Gasteiger partial charge in [-0.05, 0) is 131 Å². The van der Waals surface area contributed by atoms with Crippen LogP contribution >= 0.6 is 0 Å². The highest BCUT2D eigenvalue weighted by atomic mass is 16.1. The lowest BCUT2D eigenvalue weighted by Gasteiger charge is -2.13. The lowest BCUT2D eigenvalue weighted by atomic mass is 9.89. The van der Waals surface area contributed by atoms with E-state index in [4.69, 9.17) is 9.97 Å². The van der Waals surface area contributed by atoms with Crippen LogP contribution in [0.2, 0.25) is 0 Å². The van der Waals surface area contributed by atoms with E-state index in [9.17, 15) is 4.79 Å². The van der Waals surface area contributed by atoms with E-state index in [1.165, 1.54) is 43.1 Å². The lowest BCUT2D eigenvalue weighted by molar-refractivity contribution is 0.778. The first kappa shape index (κ1) is 25.2. The van der Waals surface area contributed by atoms with Crippen molar-refractivity contribution < 1.29 is 0 Å². The first-order valence-corrected chi connectivity index (χ1v) is 16.2. The predicted molar refractivity (Wildman–Crippen MR) is 192 cm³/mol. The molecule has 0 aliphatic carbocycles. The highest BCUT2D eigenvalue weighted by Crippen LogP contribution is 2.54. The fraction of sp³-hybridized carbons (Fsp3) is 0.0976. The Morgan fingerprint density at radius 1 is 0.638 bits per heavy atom. The van der Waals surface area contributed by atoms with E-state index in [0.717, 1.165) is 79.8 Å². The molecule has 0 amide bonds. The van der Waals surface area contributed by atoms with Gasteiger partial charge in [-0.25, -0.2) is 4.98 Å². The molecule has 0 atom stereocenters. The van der Waals surface area contributed by atoms with Crippen molar-refractivity contribution in [1.82, 2.24) is 24.3 Å². The molecule has 0 aliphatic rings. The zero-order valence-corrected chi connectivity index (χ0v) is 25.5. The zero-order valence-electron chi connectivity index (χ0n) is 25.5. The fourth-order valence-electron chi connectivity index (χ4n) is 8.42. The van der Waals surface area contributed by atoms with E-state index in [1.807, 2.05) is 35.4 Å². The van der Waals surface area contributed by atoms with Gasteiger partial charge in [0.1, 0.15) is 11.2 Å². The topological polar surface area (TPSA) is 73.0 Å². The van der Waals surface area contributed by atoms with Crippen LogP contribution < -0.4 is 5.56 Å². The Balaban J connectivity index is 1.43. The summed E-state index contributed by atoms with van der Waals surface area (Å²) < 4.78 is 1.84. The minimum atomic E-state index is -0.0271. The summed E-state index contributed by atoms with van der Waals surface area (Å²) in [6.07, 6.45) is 12.2. The van der Waals surface area contributed by atoms with Gasteiger partial charge in [0.25, 0.3) is 5.56 Å². The number of aromatic nitrogens is 5. The Hall–Kier alpha value is -6.01. The third-order valence-corrected chi connectivity index (χ3v) is 10.4. The zero-order chi connectivity index (χ0) is 31.0. The van der Waals surface area contributed by atoms with Crippen molar-refractivity contribution >= 4 is 81.3 Å². The fourth-order valence-corrected chi connectivity index (χ4v) is 8.42. The summed E-state index contributed by atoms with van der Waals surface area (Å²) in [5.41, 5.74) is 7.64. The maximum atomic E-state index is 14.9. The van der Waals surface area contributed by atoms with Crippen LogP contribution in [0.5, 0.6) is 0 Å². The molecule has 11 rings (SSSR count). The molecule has 0 spiro atoms. The molecule has 6 heteroatoms. The van der Waals surface area contributed by atoms with Crippen molar-refractivity contribution in [1.29, 1.82) is 0 Å². The summed E-state index contributed by atoms with van der Waals surface area (Å²) in [5.74, 6) is 0. The van der Waals surface area contributed by atoms with Gasteiger partial charge in [-0.3, -0.25) is 24.1 Å². The molecule has 5 aromatic heterocycles. The molecule has 5 heterocycles. The maximum Gasteiger partial charge on any atom is 0.265 e. The minimum absolute atomic E-state index is 0.0271. The second-order valence-electron chi connectivity index (χ2n) is 12.8. The first-order chi connectivity index (χ1) is 23.2. The smallest absolute Gasteiger partial charge is 0.265 e. The molecule has 0 radical (unpaired) electrons. The second kappa shape index (κ2) is 8.83. The Morgan fingerprint density at radius 2 is 1.23 bits per heavy atom. The van der Waals surface area contributed by atoms with Gasteiger partial charge >= 0.3 is 0 Å². The van der Waals surface area contributed by atoms with Gasteiger partial charge in [0.05, 0.1) is 17.1 Å². The van der Waals surface area contributed by atoms with Crippen LogP contribution in [0.3, 0.4) is 0 Å². The summed E-state index contributed by atoms with van der Waals surface area (Å²) in [6.45, 7) is 2.18. The van der Waals surface area contributed by atoms with Gasteiger partial charge in [-0.15, -0.1) is 0 Å². The second-order valence-corrected chi connectivity index (χ2v) is 12.8.